The zero-order valence-corrected chi connectivity index (χ0v) is 20.2. The molecule has 3 aromatic carbocycles. The number of ether oxygens (including phenoxy) is 1. The number of carbonyl (C=O) groups is 2. The number of nitrogens with zero attached hydrogens (tertiary/aromatic N) is 1. The molecule has 2 unspecified atom stereocenters. The summed E-state index contributed by atoms with van der Waals surface area (Å²) in [6, 6.07) is 23.6. The predicted molar refractivity (Wildman–Crippen MR) is 135 cm³/mol. The summed E-state index contributed by atoms with van der Waals surface area (Å²) >= 11 is 0. The molecule has 5 heteroatoms. The fraction of sp³-hybridized carbons (Fsp3) is 0.310. The number of hydrogen-bond donors (Lipinski definition) is 1. The summed E-state index contributed by atoms with van der Waals surface area (Å²) < 4.78 is 6.06. The van der Waals surface area contributed by atoms with Gasteiger partial charge in [-0.25, -0.2) is 0 Å². The van der Waals surface area contributed by atoms with Crippen molar-refractivity contribution in [2.75, 3.05) is 11.9 Å². The fourth-order valence-electron chi connectivity index (χ4n) is 4.45. The molecule has 0 spiro atoms. The molecule has 0 bridgehead atoms. The van der Waals surface area contributed by atoms with Crippen LogP contribution in [-0.4, -0.2) is 29.4 Å². The lowest BCUT2D eigenvalue weighted by Crippen LogP contribution is -2.42. The lowest BCUT2D eigenvalue weighted by molar-refractivity contribution is -0.136. The molecule has 0 saturated carbocycles. The van der Waals surface area contributed by atoms with Gasteiger partial charge in [0.2, 0.25) is 5.91 Å². The van der Waals surface area contributed by atoms with E-state index in [1.54, 1.807) is 6.92 Å². The zero-order chi connectivity index (χ0) is 24.2. The molecule has 1 N–H and O–H groups in total. The molecule has 4 rings (SSSR count). The maximum atomic E-state index is 13.1. The van der Waals surface area contributed by atoms with Gasteiger partial charge in [0.15, 0.2) is 6.10 Å². The van der Waals surface area contributed by atoms with E-state index >= 15 is 0 Å². The highest BCUT2D eigenvalue weighted by atomic mass is 16.5. The average molecular weight is 457 g/mol. The smallest absolute Gasteiger partial charge is 0.265 e. The number of anilines is 1. The van der Waals surface area contributed by atoms with E-state index < -0.39 is 6.10 Å². The molecule has 0 fully saturated rings. The van der Waals surface area contributed by atoms with E-state index in [1.165, 1.54) is 5.56 Å². The van der Waals surface area contributed by atoms with Crippen molar-refractivity contribution in [3.63, 3.8) is 0 Å². The zero-order valence-electron chi connectivity index (χ0n) is 20.2. The van der Waals surface area contributed by atoms with Gasteiger partial charge in [-0.3, -0.25) is 9.59 Å². The van der Waals surface area contributed by atoms with Gasteiger partial charge < -0.3 is 15.0 Å². The predicted octanol–water partition coefficient (Wildman–Crippen LogP) is 5.53. The molecule has 2 amide bonds. The Bertz CT molecular complexity index is 1170. The number of amides is 2. The first-order chi connectivity index (χ1) is 16.3. The Morgan fingerprint density at radius 1 is 0.971 bits per heavy atom. The molecule has 5 nitrogen and oxygen atoms in total. The van der Waals surface area contributed by atoms with Gasteiger partial charge in [-0.1, -0.05) is 62.4 Å². The second kappa shape index (κ2) is 10.1. The van der Waals surface area contributed by atoms with Gasteiger partial charge in [-0.2, -0.15) is 0 Å². The van der Waals surface area contributed by atoms with E-state index in [0.29, 0.717) is 12.3 Å². The van der Waals surface area contributed by atoms with Crippen LogP contribution in [0.5, 0.6) is 5.75 Å². The molecule has 0 aliphatic carbocycles. The number of rotatable bonds is 6. The van der Waals surface area contributed by atoms with Gasteiger partial charge in [-0.05, 0) is 66.8 Å². The van der Waals surface area contributed by atoms with Crippen LogP contribution >= 0.6 is 0 Å². The second-order valence-corrected chi connectivity index (χ2v) is 9.23. The summed E-state index contributed by atoms with van der Waals surface area (Å²) in [6.07, 6.45) is 0.117. The van der Waals surface area contributed by atoms with Crippen molar-refractivity contribution < 1.29 is 14.3 Å². The lowest BCUT2D eigenvalue weighted by Gasteiger charge is -2.39. The van der Waals surface area contributed by atoms with Crippen LogP contribution in [0.2, 0.25) is 0 Å². The van der Waals surface area contributed by atoms with Crippen LogP contribution in [0.25, 0.3) is 0 Å². The van der Waals surface area contributed by atoms with Crippen molar-refractivity contribution in [2.24, 2.45) is 5.92 Å². The molecule has 0 aromatic heterocycles. The Labute approximate surface area is 201 Å². The first kappa shape index (κ1) is 23.6. The minimum Gasteiger partial charge on any atom is -0.481 e. The van der Waals surface area contributed by atoms with Crippen molar-refractivity contribution in [3.8, 4) is 5.75 Å². The van der Waals surface area contributed by atoms with Crippen molar-refractivity contribution in [2.45, 2.75) is 46.3 Å². The van der Waals surface area contributed by atoms with Crippen LogP contribution in [0, 0.1) is 12.8 Å². The lowest BCUT2D eigenvalue weighted by atomic mass is 9.87. The Balaban J connectivity index is 1.60. The molecule has 0 saturated heterocycles. The van der Waals surface area contributed by atoms with Gasteiger partial charge in [0.1, 0.15) is 5.75 Å². The van der Waals surface area contributed by atoms with Crippen molar-refractivity contribution in [1.29, 1.82) is 0 Å². The van der Waals surface area contributed by atoms with E-state index in [4.69, 9.17) is 4.74 Å². The third-order valence-electron chi connectivity index (χ3n) is 6.21. The molecule has 1 aliphatic rings. The average Bonchev–Trinajstić information content (AvgIpc) is 2.83. The Kier molecular flexibility index (Phi) is 7.01. The highest BCUT2D eigenvalue weighted by Gasteiger charge is 2.33. The van der Waals surface area contributed by atoms with E-state index in [0.717, 1.165) is 28.8 Å². The molecule has 0 radical (unpaired) electrons. The summed E-state index contributed by atoms with van der Waals surface area (Å²) in [5, 5.41) is 2.92. The van der Waals surface area contributed by atoms with Gasteiger partial charge in [-0.15, -0.1) is 0 Å². The van der Waals surface area contributed by atoms with E-state index in [-0.39, 0.29) is 23.8 Å². The van der Waals surface area contributed by atoms with E-state index in [1.807, 2.05) is 80.3 Å². The van der Waals surface area contributed by atoms with Crippen molar-refractivity contribution in [3.05, 3.63) is 95.1 Å². The van der Waals surface area contributed by atoms with E-state index in [9.17, 15) is 9.59 Å². The molecular weight excluding hydrogens is 424 g/mol. The Hall–Kier alpha value is -3.60. The summed E-state index contributed by atoms with van der Waals surface area (Å²) in [5.74, 6) is 0.458. The minimum absolute atomic E-state index is 0.0856. The van der Waals surface area contributed by atoms with Crippen LogP contribution < -0.4 is 10.1 Å². The highest BCUT2D eigenvalue weighted by molar-refractivity contribution is 5.94. The third kappa shape index (κ3) is 5.14. The molecule has 176 valence electrons. The molecule has 3 aromatic rings. The van der Waals surface area contributed by atoms with Crippen LogP contribution in [0.15, 0.2) is 72.8 Å². The minimum atomic E-state index is -0.675. The number of benzene rings is 3. The summed E-state index contributed by atoms with van der Waals surface area (Å²) in [5.41, 5.74) is 5.15. The van der Waals surface area contributed by atoms with Gasteiger partial charge >= 0.3 is 0 Å². The molecule has 1 heterocycles. The normalized spacial score (nSPS) is 16.0. The maximum absolute atomic E-state index is 13.1. The molecule has 2 atom stereocenters. The fourth-order valence-corrected chi connectivity index (χ4v) is 4.45. The first-order valence-electron chi connectivity index (χ1n) is 11.9. The largest absolute Gasteiger partial charge is 0.481 e. The molecule has 34 heavy (non-hydrogen) atoms. The van der Waals surface area contributed by atoms with Crippen LogP contribution in [0.3, 0.4) is 0 Å². The second-order valence-electron chi connectivity index (χ2n) is 9.23. The van der Waals surface area contributed by atoms with E-state index in [2.05, 4.69) is 23.5 Å². The number of aryl methyl sites for hydroxylation is 1. The SMILES string of the molecule is Cc1cccc(NC(=O)C(C)Oc2ccc3c(c2)C(c2ccccc2)N(C(=O)C(C)C)CC3)c1. The topological polar surface area (TPSA) is 58.6 Å². The third-order valence-corrected chi connectivity index (χ3v) is 6.21. The molecule has 1 aliphatic heterocycles. The number of hydrogen-bond acceptors (Lipinski definition) is 3. The van der Waals surface area contributed by atoms with Crippen LogP contribution in [0.4, 0.5) is 5.69 Å². The standard InChI is InChI=1S/C29H32N2O3/c1-19(2)29(33)31-16-15-22-13-14-25(18-26(22)27(31)23-10-6-5-7-11-23)34-21(4)28(32)30-24-12-8-9-20(3)17-24/h5-14,17-19,21,27H,15-16H2,1-4H3,(H,30,32). The summed E-state index contributed by atoms with van der Waals surface area (Å²) in [7, 11) is 0. The van der Waals surface area contributed by atoms with Crippen LogP contribution in [0.1, 0.15) is 49.1 Å². The maximum Gasteiger partial charge on any atom is 0.265 e. The Morgan fingerprint density at radius 2 is 1.74 bits per heavy atom. The van der Waals surface area contributed by atoms with Crippen molar-refractivity contribution in [1.82, 2.24) is 4.90 Å². The summed E-state index contributed by atoms with van der Waals surface area (Å²) in [6.45, 7) is 8.29. The van der Waals surface area contributed by atoms with Crippen LogP contribution in [-0.2, 0) is 16.0 Å². The van der Waals surface area contributed by atoms with Gasteiger partial charge in [0, 0.05) is 18.2 Å². The quantitative estimate of drug-likeness (QED) is 0.530. The number of carbonyl (C=O) groups excluding carboxylic acids is 2. The highest BCUT2D eigenvalue weighted by Crippen LogP contribution is 2.38. The van der Waals surface area contributed by atoms with Gasteiger partial charge in [0.25, 0.3) is 5.91 Å². The monoisotopic (exact) mass is 456 g/mol. The first-order valence-corrected chi connectivity index (χ1v) is 11.9. The van der Waals surface area contributed by atoms with Crippen molar-refractivity contribution >= 4 is 17.5 Å². The number of fused-ring (bicyclic) bond motifs is 1. The Morgan fingerprint density at radius 3 is 2.44 bits per heavy atom. The number of nitrogens with one attached hydrogen (secondary N) is 1. The van der Waals surface area contributed by atoms with Gasteiger partial charge in [0.05, 0.1) is 6.04 Å². The summed E-state index contributed by atoms with van der Waals surface area (Å²) in [4.78, 5) is 27.8. The molecular formula is C29H32N2O3.